The maximum Gasteiger partial charge on any atom is 0.416 e. The van der Waals surface area contributed by atoms with Gasteiger partial charge in [0.25, 0.3) is 5.91 Å². The molecule has 3 aromatic carbocycles. The molecule has 3 aromatic rings. The zero-order chi connectivity index (χ0) is 31.1. The number of thioether (sulfide) groups is 1. The molecule has 1 amide bonds. The minimum Gasteiger partial charge on any atom is -0.324 e. The minimum absolute atomic E-state index is 0.292. The van der Waals surface area contributed by atoms with Gasteiger partial charge in [0.15, 0.2) is 5.78 Å². The molecule has 1 N–H and O–H groups in total. The van der Waals surface area contributed by atoms with Gasteiger partial charge in [0.05, 0.1) is 16.5 Å². The van der Waals surface area contributed by atoms with Crippen molar-refractivity contribution in [3.05, 3.63) is 106 Å². The van der Waals surface area contributed by atoms with Crippen LogP contribution in [0.5, 0.6) is 0 Å². The molecule has 0 aromatic heterocycles. The Hall–Kier alpha value is -3.57. The first kappa shape index (κ1) is 29.2. The van der Waals surface area contributed by atoms with E-state index in [1.165, 1.54) is 24.3 Å². The highest BCUT2D eigenvalue weighted by atomic mass is 32.2. The lowest BCUT2D eigenvalue weighted by atomic mass is 9.53. The van der Waals surface area contributed by atoms with Crippen molar-refractivity contribution in [2.45, 2.75) is 49.1 Å². The fraction of sp³-hybridized carbons (Fsp3) is 0.333. The number of fused-ring (bicyclic) bond motifs is 5. The summed E-state index contributed by atoms with van der Waals surface area (Å²) in [7, 11) is 0. The Morgan fingerprint density at radius 2 is 1.50 bits per heavy atom. The Morgan fingerprint density at radius 1 is 0.864 bits per heavy atom. The molecule has 2 saturated heterocycles. The summed E-state index contributed by atoms with van der Waals surface area (Å²) < 4.78 is 80.2. The number of carbonyl (C=O) groups excluding carboxylic acids is 2. The van der Waals surface area contributed by atoms with Gasteiger partial charge in [0.2, 0.25) is 0 Å². The molecule has 228 valence electrons. The van der Waals surface area contributed by atoms with Gasteiger partial charge in [-0.2, -0.15) is 26.3 Å². The van der Waals surface area contributed by atoms with E-state index in [-0.39, 0.29) is 17.7 Å². The largest absolute Gasteiger partial charge is 0.416 e. The lowest BCUT2D eigenvalue weighted by Gasteiger charge is -2.49. The van der Waals surface area contributed by atoms with Crippen LogP contribution in [-0.4, -0.2) is 34.3 Å². The highest BCUT2D eigenvalue weighted by molar-refractivity contribution is 7.99. The summed E-state index contributed by atoms with van der Waals surface area (Å²) in [5.41, 5.74) is -1.78. The number of benzene rings is 3. The molecule has 1 aliphatic carbocycles. The van der Waals surface area contributed by atoms with Crippen molar-refractivity contribution in [2.24, 2.45) is 5.41 Å². The number of ketones is 1. The molecule has 0 radical (unpaired) electrons. The molecule has 3 heterocycles. The van der Waals surface area contributed by atoms with Crippen LogP contribution in [0.3, 0.4) is 0 Å². The van der Waals surface area contributed by atoms with E-state index >= 15 is 4.79 Å². The zero-order valence-corrected chi connectivity index (χ0v) is 24.0. The molecule has 4 atom stereocenters. The van der Waals surface area contributed by atoms with Gasteiger partial charge in [-0.25, -0.2) is 0 Å². The highest BCUT2D eigenvalue weighted by Gasteiger charge is 2.77. The van der Waals surface area contributed by atoms with E-state index in [0.29, 0.717) is 58.8 Å². The minimum atomic E-state index is -4.54. The smallest absolute Gasteiger partial charge is 0.324 e. The number of amides is 1. The normalized spacial score (nSPS) is 29.5. The number of alkyl halides is 6. The number of carbonyl (C=O) groups is 2. The maximum atomic E-state index is 15.1. The van der Waals surface area contributed by atoms with Crippen LogP contribution in [0.4, 0.5) is 32.0 Å². The molecule has 2 spiro atoms. The van der Waals surface area contributed by atoms with E-state index in [9.17, 15) is 31.1 Å². The van der Waals surface area contributed by atoms with Crippen LogP contribution < -0.4 is 5.32 Å². The van der Waals surface area contributed by atoms with E-state index < -0.39 is 40.4 Å². The second-order valence-corrected chi connectivity index (χ2v) is 12.8. The molecule has 0 bridgehead atoms. The maximum absolute atomic E-state index is 15.1. The Morgan fingerprint density at radius 3 is 2.16 bits per heavy atom. The number of hydrogen-bond donors (Lipinski definition) is 1. The van der Waals surface area contributed by atoms with Gasteiger partial charge in [-0.05, 0) is 72.4 Å². The Labute approximate surface area is 253 Å². The lowest BCUT2D eigenvalue weighted by molar-refractivity contribution is -0.145. The number of rotatable bonds is 2. The summed E-state index contributed by atoms with van der Waals surface area (Å²) in [5, 5.41) is 3.00. The third-order valence-corrected chi connectivity index (χ3v) is 10.7. The van der Waals surface area contributed by atoms with Crippen molar-refractivity contribution in [1.29, 1.82) is 0 Å². The molecule has 4 nitrogen and oxygen atoms in total. The van der Waals surface area contributed by atoms with E-state index in [0.717, 1.165) is 24.3 Å². The fourth-order valence-electron chi connectivity index (χ4n) is 8.07. The van der Waals surface area contributed by atoms with E-state index in [1.807, 2.05) is 12.1 Å². The van der Waals surface area contributed by atoms with Crippen LogP contribution in [0.25, 0.3) is 6.08 Å². The number of anilines is 1. The Balaban J connectivity index is 1.43. The van der Waals surface area contributed by atoms with Gasteiger partial charge in [-0.1, -0.05) is 42.5 Å². The monoisotopic (exact) mass is 628 g/mol. The second kappa shape index (κ2) is 9.97. The first-order valence-corrected chi connectivity index (χ1v) is 15.4. The summed E-state index contributed by atoms with van der Waals surface area (Å²) in [6.07, 6.45) is -6.25. The first-order chi connectivity index (χ1) is 20.9. The van der Waals surface area contributed by atoms with Crippen molar-refractivity contribution in [2.75, 3.05) is 16.9 Å². The number of Topliss-reactive ketones (excluding diaryl/α,β-unsaturated/α-hetero) is 1. The van der Waals surface area contributed by atoms with Crippen LogP contribution in [0.1, 0.15) is 53.0 Å². The summed E-state index contributed by atoms with van der Waals surface area (Å²) in [6.45, 7) is 0. The van der Waals surface area contributed by atoms with Crippen molar-refractivity contribution < 1.29 is 35.9 Å². The highest BCUT2D eigenvalue weighted by Crippen LogP contribution is 2.70. The van der Waals surface area contributed by atoms with E-state index in [4.69, 9.17) is 0 Å². The molecule has 3 aliphatic heterocycles. The summed E-state index contributed by atoms with van der Waals surface area (Å²) in [4.78, 5) is 31.6. The van der Waals surface area contributed by atoms with Crippen molar-refractivity contribution in [3.8, 4) is 0 Å². The Bertz CT molecular complexity index is 1680. The molecular weight excluding hydrogens is 602 g/mol. The van der Waals surface area contributed by atoms with Gasteiger partial charge in [0.1, 0.15) is 5.54 Å². The van der Waals surface area contributed by atoms with Crippen molar-refractivity contribution in [1.82, 2.24) is 4.90 Å². The molecule has 0 unspecified atom stereocenters. The second-order valence-electron chi connectivity index (χ2n) is 11.8. The first-order valence-electron chi connectivity index (χ1n) is 14.2. The lowest BCUT2D eigenvalue weighted by Crippen LogP contribution is -2.60. The molecule has 44 heavy (non-hydrogen) atoms. The summed E-state index contributed by atoms with van der Waals surface area (Å²) >= 11 is 1.61. The number of hydrogen-bond acceptors (Lipinski definition) is 4. The van der Waals surface area contributed by atoms with Crippen LogP contribution in [-0.2, 0) is 27.5 Å². The van der Waals surface area contributed by atoms with E-state index in [1.54, 1.807) is 30.0 Å². The number of para-hydroxylation sites is 1. The average Bonchev–Trinajstić information content (AvgIpc) is 3.63. The molecule has 7 rings (SSSR count). The molecular formula is C33H26F6N2O2S. The third-order valence-electron chi connectivity index (χ3n) is 9.70. The topological polar surface area (TPSA) is 49.4 Å². The van der Waals surface area contributed by atoms with Crippen LogP contribution in [0.15, 0.2) is 78.4 Å². The van der Waals surface area contributed by atoms with E-state index in [2.05, 4.69) is 10.2 Å². The van der Waals surface area contributed by atoms with Crippen molar-refractivity contribution >= 4 is 35.2 Å². The molecule has 4 aliphatic rings. The predicted octanol–water partition coefficient (Wildman–Crippen LogP) is 7.87. The van der Waals surface area contributed by atoms with Crippen LogP contribution in [0, 0.1) is 5.41 Å². The van der Waals surface area contributed by atoms with Crippen molar-refractivity contribution in [3.63, 3.8) is 0 Å². The standard InChI is InChI=1S/C33H26F6N2O2S/c34-32(35,36)22-11-7-19(8-12-22)16-21-4-3-15-30(28(21)42)27(20-9-13-23(14-10-20)33(37,38)39)26-17-44-18-41(26)31(30)24-5-1-2-6-25(24)40-29(31)43/h1-2,5-14,16,26-27H,3-4,15,17-18H2,(H,40,43)/t26-,27-,30-,31-/m0/s1. The predicted molar refractivity (Wildman–Crippen MR) is 155 cm³/mol. The molecule has 3 fully saturated rings. The third kappa shape index (κ3) is 4.04. The van der Waals surface area contributed by atoms with Gasteiger partial charge in [-0.3, -0.25) is 14.5 Å². The fourth-order valence-corrected chi connectivity index (χ4v) is 9.37. The van der Waals surface area contributed by atoms with Gasteiger partial charge in [0, 0.05) is 34.8 Å². The molecule has 1 saturated carbocycles. The van der Waals surface area contributed by atoms with Gasteiger partial charge in [-0.15, -0.1) is 11.8 Å². The average molecular weight is 629 g/mol. The van der Waals surface area contributed by atoms with Crippen LogP contribution in [0.2, 0.25) is 0 Å². The number of nitrogens with one attached hydrogen (secondary N) is 1. The summed E-state index contributed by atoms with van der Waals surface area (Å²) in [6, 6.07) is 16.4. The molecule has 11 heteroatoms. The van der Waals surface area contributed by atoms with Gasteiger partial charge >= 0.3 is 12.4 Å². The van der Waals surface area contributed by atoms with Gasteiger partial charge < -0.3 is 5.32 Å². The Kier molecular flexibility index (Phi) is 6.61. The summed E-state index contributed by atoms with van der Waals surface area (Å²) in [5.74, 6) is -0.211. The number of nitrogens with zero attached hydrogens (tertiary/aromatic N) is 1. The SMILES string of the molecule is O=C1Nc2ccccc2[C@]12N1CSC[C@H]1[C@H](c1ccc(C(F)(F)F)cc1)[C@]21CCCC(=Cc2ccc(C(F)(F)F)cc2)C1=O. The zero-order valence-electron chi connectivity index (χ0n) is 23.1. The number of allylic oxidation sites excluding steroid dienone is 1. The quantitative estimate of drug-likeness (QED) is 0.232. The van der Waals surface area contributed by atoms with Crippen LogP contribution >= 0.6 is 11.8 Å². The number of halogens is 6.